The number of nitrogens with one attached hydrogen (secondary N) is 2. The summed E-state index contributed by atoms with van der Waals surface area (Å²) in [5.41, 5.74) is 2.23. The molecule has 1 aromatic heterocycles. The molecule has 2 N–H and O–H groups in total. The molecule has 1 aromatic carbocycles. The fourth-order valence-electron chi connectivity index (χ4n) is 3.92. The van der Waals surface area contributed by atoms with Gasteiger partial charge in [-0.25, -0.2) is 21.9 Å². The number of rotatable bonds is 7. The zero-order valence-corrected chi connectivity index (χ0v) is 18.0. The zero-order valence-electron chi connectivity index (χ0n) is 17.2. The Hall–Kier alpha value is -2.43. The fraction of sp³-hybridized carbons (Fsp3) is 0.429. The van der Waals surface area contributed by atoms with Crippen molar-refractivity contribution in [3.8, 4) is 11.1 Å². The van der Waals surface area contributed by atoms with E-state index in [0.29, 0.717) is 37.1 Å². The summed E-state index contributed by atoms with van der Waals surface area (Å²) >= 11 is 0. The van der Waals surface area contributed by atoms with E-state index in [4.69, 9.17) is 4.84 Å². The van der Waals surface area contributed by atoms with Crippen molar-refractivity contribution in [2.24, 2.45) is 5.16 Å². The van der Waals surface area contributed by atoms with Crippen LogP contribution in [0, 0.1) is 18.6 Å². The van der Waals surface area contributed by atoms with Crippen molar-refractivity contribution in [1.82, 2.24) is 15.0 Å². The Morgan fingerprint density at radius 1 is 1.19 bits per heavy atom. The second-order valence-corrected chi connectivity index (χ2v) is 9.91. The van der Waals surface area contributed by atoms with Gasteiger partial charge in [0.2, 0.25) is 10.0 Å². The standard InChI is InChI=1S/C21H24F2N4O3S/c1-12-6-16(20-17(22)4-3-5-18(20)23)21(25-10-12)19-9-15(26-30-19)11-24-13-7-14(8-13)27-31(2,28)29/h3-6,10,13-14,19,24,27H,7-9,11H2,1-2H3. The number of hydrogen-bond acceptors (Lipinski definition) is 6. The molecule has 1 unspecified atom stereocenters. The quantitative estimate of drug-likeness (QED) is 0.677. The first-order valence-corrected chi connectivity index (χ1v) is 11.9. The third-order valence-corrected chi connectivity index (χ3v) is 6.20. The molecule has 0 spiro atoms. The van der Waals surface area contributed by atoms with E-state index in [1.165, 1.54) is 18.2 Å². The molecule has 31 heavy (non-hydrogen) atoms. The van der Waals surface area contributed by atoms with Gasteiger partial charge >= 0.3 is 0 Å². The van der Waals surface area contributed by atoms with Crippen molar-refractivity contribution in [3.05, 3.63) is 53.4 Å². The van der Waals surface area contributed by atoms with Crippen molar-refractivity contribution in [2.75, 3.05) is 12.8 Å². The Morgan fingerprint density at radius 3 is 2.58 bits per heavy atom. The van der Waals surface area contributed by atoms with Crippen molar-refractivity contribution < 1.29 is 22.0 Å². The van der Waals surface area contributed by atoms with Gasteiger partial charge in [-0.15, -0.1) is 0 Å². The Balaban J connectivity index is 1.40. The van der Waals surface area contributed by atoms with Crippen molar-refractivity contribution >= 4 is 15.7 Å². The van der Waals surface area contributed by atoms with Crippen LogP contribution < -0.4 is 10.0 Å². The molecule has 7 nitrogen and oxygen atoms in total. The molecular formula is C21H24F2N4O3S. The Labute approximate surface area is 180 Å². The van der Waals surface area contributed by atoms with Gasteiger partial charge in [-0.05, 0) is 43.5 Å². The van der Waals surface area contributed by atoms with Crippen LogP contribution in [0.5, 0.6) is 0 Å². The summed E-state index contributed by atoms with van der Waals surface area (Å²) in [5.74, 6) is -1.31. The molecule has 1 aliphatic carbocycles. The number of pyridine rings is 1. The number of benzene rings is 1. The minimum absolute atomic E-state index is 0.0444. The van der Waals surface area contributed by atoms with Gasteiger partial charge in [0.05, 0.1) is 23.2 Å². The van der Waals surface area contributed by atoms with E-state index in [2.05, 4.69) is 20.2 Å². The van der Waals surface area contributed by atoms with E-state index in [1.807, 2.05) is 6.92 Å². The van der Waals surface area contributed by atoms with Crippen LogP contribution >= 0.6 is 0 Å². The average molecular weight is 451 g/mol. The van der Waals surface area contributed by atoms with Gasteiger partial charge in [0.1, 0.15) is 11.6 Å². The number of hydrogen-bond donors (Lipinski definition) is 2. The van der Waals surface area contributed by atoms with Gasteiger partial charge < -0.3 is 10.2 Å². The van der Waals surface area contributed by atoms with Gasteiger partial charge in [0, 0.05) is 36.8 Å². The second kappa shape index (κ2) is 8.60. The van der Waals surface area contributed by atoms with Gasteiger partial charge in [-0.3, -0.25) is 4.98 Å². The van der Waals surface area contributed by atoms with Crippen LogP contribution in [0.3, 0.4) is 0 Å². The number of nitrogens with zero attached hydrogens (tertiary/aromatic N) is 2. The molecule has 1 aliphatic heterocycles. The van der Waals surface area contributed by atoms with Gasteiger partial charge in [0.25, 0.3) is 0 Å². The Bertz CT molecular complexity index is 1100. The molecule has 0 radical (unpaired) electrons. The van der Waals surface area contributed by atoms with E-state index in [9.17, 15) is 17.2 Å². The maximum absolute atomic E-state index is 14.4. The molecular weight excluding hydrogens is 426 g/mol. The number of sulfonamides is 1. The van der Waals surface area contributed by atoms with Crippen molar-refractivity contribution in [1.29, 1.82) is 0 Å². The highest BCUT2D eigenvalue weighted by atomic mass is 32.2. The summed E-state index contributed by atoms with van der Waals surface area (Å²) in [4.78, 5) is 9.96. The predicted molar refractivity (Wildman–Crippen MR) is 113 cm³/mol. The first-order chi connectivity index (χ1) is 14.7. The first kappa shape index (κ1) is 21.8. The molecule has 1 atom stereocenters. The number of aromatic nitrogens is 1. The van der Waals surface area contributed by atoms with E-state index in [-0.39, 0.29) is 17.6 Å². The lowest BCUT2D eigenvalue weighted by Crippen LogP contribution is -2.52. The summed E-state index contributed by atoms with van der Waals surface area (Å²) in [7, 11) is -3.19. The molecule has 1 fully saturated rings. The van der Waals surface area contributed by atoms with Gasteiger partial charge in [0.15, 0.2) is 6.10 Å². The fourth-order valence-corrected chi connectivity index (χ4v) is 4.71. The maximum Gasteiger partial charge on any atom is 0.208 e. The smallest absolute Gasteiger partial charge is 0.208 e. The second-order valence-electron chi connectivity index (χ2n) is 8.13. The highest BCUT2D eigenvalue weighted by molar-refractivity contribution is 7.88. The van der Waals surface area contributed by atoms with Crippen LogP contribution in [-0.4, -0.2) is 44.0 Å². The lowest BCUT2D eigenvalue weighted by Gasteiger charge is -2.35. The van der Waals surface area contributed by atoms with Crippen LogP contribution in [0.1, 0.15) is 36.6 Å². The van der Waals surface area contributed by atoms with Crippen LogP contribution in [0.25, 0.3) is 11.1 Å². The summed E-state index contributed by atoms with van der Waals surface area (Å²) in [6, 6.07) is 5.62. The number of aryl methyl sites for hydroxylation is 1. The molecule has 1 saturated carbocycles. The summed E-state index contributed by atoms with van der Waals surface area (Å²) in [6.07, 6.45) is 4.12. The van der Waals surface area contributed by atoms with E-state index < -0.39 is 27.8 Å². The van der Waals surface area contributed by atoms with Crippen molar-refractivity contribution in [2.45, 2.75) is 44.4 Å². The summed E-state index contributed by atoms with van der Waals surface area (Å²) in [5, 5.41) is 7.46. The zero-order chi connectivity index (χ0) is 22.2. The third-order valence-electron chi connectivity index (χ3n) is 5.44. The lowest BCUT2D eigenvalue weighted by atomic mass is 9.87. The molecule has 166 valence electrons. The maximum atomic E-state index is 14.4. The lowest BCUT2D eigenvalue weighted by molar-refractivity contribution is 0.0829. The van der Waals surface area contributed by atoms with Gasteiger partial charge in [-0.2, -0.15) is 0 Å². The molecule has 2 heterocycles. The Kier molecular flexibility index (Phi) is 6.05. The highest BCUT2D eigenvalue weighted by Crippen LogP contribution is 2.36. The van der Waals surface area contributed by atoms with Crippen LogP contribution in [0.15, 0.2) is 35.6 Å². The summed E-state index contributed by atoms with van der Waals surface area (Å²) in [6.45, 7) is 2.30. The van der Waals surface area contributed by atoms with E-state index in [0.717, 1.165) is 17.5 Å². The van der Waals surface area contributed by atoms with E-state index in [1.54, 1.807) is 12.3 Å². The molecule has 2 aromatic rings. The average Bonchev–Trinajstić information content (AvgIpc) is 3.11. The van der Waals surface area contributed by atoms with Crippen LogP contribution in [-0.2, 0) is 14.9 Å². The molecule has 2 aliphatic rings. The normalized spacial score (nSPS) is 23.2. The molecule has 0 bridgehead atoms. The van der Waals surface area contributed by atoms with Crippen molar-refractivity contribution in [3.63, 3.8) is 0 Å². The van der Waals surface area contributed by atoms with Gasteiger partial charge in [-0.1, -0.05) is 11.2 Å². The minimum Gasteiger partial charge on any atom is -0.386 e. The predicted octanol–water partition coefficient (Wildman–Crippen LogP) is 2.82. The van der Waals surface area contributed by atoms with Crippen LogP contribution in [0.2, 0.25) is 0 Å². The highest BCUT2D eigenvalue weighted by Gasteiger charge is 2.33. The molecule has 0 amide bonds. The summed E-state index contributed by atoms with van der Waals surface area (Å²) < 4.78 is 53.9. The Morgan fingerprint density at radius 2 is 1.90 bits per heavy atom. The SMILES string of the molecule is Cc1cnc(C2CC(CNC3CC(NS(C)(=O)=O)C3)=NO2)c(-c2c(F)cccc2F)c1. The largest absolute Gasteiger partial charge is 0.386 e. The number of halogens is 2. The van der Waals surface area contributed by atoms with E-state index >= 15 is 0 Å². The monoisotopic (exact) mass is 450 g/mol. The third kappa shape index (κ3) is 5.08. The molecule has 0 saturated heterocycles. The molecule has 10 heteroatoms. The minimum atomic E-state index is -3.19. The molecule has 4 rings (SSSR count). The topological polar surface area (TPSA) is 92.7 Å². The first-order valence-electron chi connectivity index (χ1n) is 10.0. The van der Waals surface area contributed by atoms with Crippen LogP contribution in [0.4, 0.5) is 8.78 Å². The number of oxime groups is 1.